The predicted octanol–water partition coefficient (Wildman–Crippen LogP) is -0.622. The third-order valence-corrected chi connectivity index (χ3v) is 1.12. The molecule has 0 radical (unpaired) electrons. The number of thiol groups is 1. The van der Waals surface area contributed by atoms with E-state index in [0.29, 0.717) is 6.61 Å². The summed E-state index contributed by atoms with van der Waals surface area (Å²) in [5.74, 6) is 4.11. The number of ether oxygens (including phenoxy) is 2. The largest absolute Gasteiger partial charge is 0.458 e. The van der Waals surface area contributed by atoms with Crippen molar-refractivity contribution in [3.05, 3.63) is 0 Å². The molecule has 0 atom stereocenters. The van der Waals surface area contributed by atoms with Crippen LogP contribution in [0.1, 0.15) is 0 Å². The first kappa shape index (κ1) is 10.2. The highest BCUT2D eigenvalue weighted by Crippen LogP contribution is 1.87. The van der Waals surface area contributed by atoms with E-state index < -0.39 is 5.97 Å². The Kier molecular flexibility index (Phi) is 5.58. The highest BCUT2D eigenvalue weighted by molar-refractivity contribution is 7.99. The van der Waals surface area contributed by atoms with Crippen LogP contribution in [-0.2, 0) is 14.3 Å². The molecule has 5 nitrogen and oxygen atoms in total. The van der Waals surface area contributed by atoms with Crippen LogP contribution < -0.4 is 5.84 Å². The average Bonchev–Trinajstić information content (AvgIpc) is 2.03. The molecule has 0 aliphatic carbocycles. The second-order valence-electron chi connectivity index (χ2n) is 1.58. The highest BCUT2D eigenvalue weighted by Gasteiger charge is 2.06. The van der Waals surface area contributed by atoms with Gasteiger partial charge >= 0.3 is 5.97 Å². The van der Waals surface area contributed by atoms with Gasteiger partial charge in [-0.2, -0.15) is 5.10 Å². The van der Waals surface area contributed by atoms with E-state index >= 15 is 0 Å². The van der Waals surface area contributed by atoms with Gasteiger partial charge in [0.25, 0.3) is 0 Å². The molecule has 0 rings (SSSR count). The first-order valence-corrected chi connectivity index (χ1v) is 3.30. The molecule has 0 unspecified atom stereocenters. The molecule has 0 fully saturated rings. The van der Waals surface area contributed by atoms with Crippen LogP contribution >= 0.6 is 12.6 Å². The van der Waals surface area contributed by atoms with Crippen molar-refractivity contribution in [2.75, 3.05) is 20.3 Å². The van der Waals surface area contributed by atoms with Crippen molar-refractivity contribution in [2.45, 2.75) is 0 Å². The Morgan fingerprint density at radius 1 is 1.64 bits per heavy atom. The summed E-state index contributed by atoms with van der Waals surface area (Å²) in [6.45, 7) is 0.520. The Balaban J connectivity index is 3.53. The number of carbonyl (C=O) groups excluding carboxylic acids is 1. The Hall–Kier alpha value is -0.750. The molecule has 0 aliphatic rings. The zero-order valence-corrected chi connectivity index (χ0v) is 7.01. The number of methoxy groups -OCH3 is 1. The van der Waals surface area contributed by atoms with Gasteiger partial charge in [0.1, 0.15) is 6.61 Å². The first-order valence-electron chi connectivity index (χ1n) is 2.85. The third kappa shape index (κ3) is 4.63. The molecule has 0 aliphatic heterocycles. The van der Waals surface area contributed by atoms with Crippen LogP contribution in [0.4, 0.5) is 0 Å². The summed E-state index contributed by atoms with van der Waals surface area (Å²) in [6.07, 6.45) is 0. The summed E-state index contributed by atoms with van der Waals surface area (Å²) in [5, 5.41) is 2.88. The van der Waals surface area contributed by atoms with Crippen LogP contribution in [0.15, 0.2) is 5.10 Å². The van der Waals surface area contributed by atoms with Crippen molar-refractivity contribution in [1.82, 2.24) is 0 Å². The number of nitrogens with zero attached hydrogens (tertiary/aromatic N) is 1. The Labute approximate surface area is 69.9 Å². The lowest BCUT2D eigenvalue weighted by molar-refractivity contribution is -0.136. The number of hydrazone groups is 1. The molecular formula is C5H10N2O3S. The van der Waals surface area contributed by atoms with Crippen molar-refractivity contribution < 1.29 is 14.3 Å². The van der Waals surface area contributed by atoms with Crippen LogP contribution in [0.5, 0.6) is 0 Å². The minimum Gasteiger partial charge on any atom is -0.458 e. The van der Waals surface area contributed by atoms with Crippen LogP contribution in [0.3, 0.4) is 0 Å². The molecule has 0 amide bonds. The number of hydrogen-bond acceptors (Lipinski definition) is 5. The normalized spacial score (nSPS) is 11.3. The zero-order valence-electron chi connectivity index (χ0n) is 6.11. The maximum atomic E-state index is 10.7. The summed E-state index contributed by atoms with van der Waals surface area (Å²) in [6, 6.07) is 0. The quantitative estimate of drug-likeness (QED) is 0.114. The third-order valence-electron chi connectivity index (χ3n) is 0.825. The fourth-order valence-corrected chi connectivity index (χ4v) is 0.400. The molecule has 0 saturated carbocycles. The standard InChI is InChI=1S/C5H10N2O3S/c1-9-2-3-10-5(8)4(11)7-6/h2-3,6H2,1H3,(H,7,11). The van der Waals surface area contributed by atoms with Crippen molar-refractivity contribution in [1.29, 1.82) is 0 Å². The van der Waals surface area contributed by atoms with Crippen LogP contribution in [0.2, 0.25) is 0 Å². The topological polar surface area (TPSA) is 73.9 Å². The van der Waals surface area contributed by atoms with Gasteiger partial charge in [-0.1, -0.05) is 0 Å². The Morgan fingerprint density at radius 3 is 2.73 bits per heavy atom. The van der Waals surface area contributed by atoms with E-state index in [0.717, 1.165) is 0 Å². The zero-order chi connectivity index (χ0) is 8.69. The minimum absolute atomic E-state index is 0.152. The van der Waals surface area contributed by atoms with Gasteiger partial charge in [0.2, 0.25) is 0 Å². The number of hydrogen-bond donors (Lipinski definition) is 2. The van der Waals surface area contributed by atoms with E-state index in [1.54, 1.807) is 0 Å². The molecule has 0 spiro atoms. The van der Waals surface area contributed by atoms with Crippen LogP contribution in [0.25, 0.3) is 0 Å². The predicted molar refractivity (Wildman–Crippen MR) is 43.4 cm³/mol. The van der Waals surface area contributed by atoms with E-state index in [1.165, 1.54) is 7.11 Å². The van der Waals surface area contributed by atoms with Crippen molar-refractivity contribution in [3.8, 4) is 0 Å². The minimum atomic E-state index is -0.645. The SMILES string of the molecule is COCCOC(=O)/C(S)=N/N. The smallest absolute Gasteiger partial charge is 0.365 e. The van der Waals surface area contributed by atoms with E-state index in [1.807, 2.05) is 0 Å². The lowest BCUT2D eigenvalue weighted by atomic mass is 10.7. The van der Waals surface area contributed by atoms with Crippen LogP contribution in [-0.4, -0.2) is 31.3 Å². The molecule has 11 heavy (non-hydrogen) atoms. The van der Waals surface area contributed by atoms with Crippen molar-refractivity contribution >= 4 is 23.6 Å². The van der Waals surface area contributed by atoms with E-state index in [4.69, 9.17) is 5.84 Å². The number of nitrogens with two attached hydrogens (primary N) is 1. The van der Waals surface area contributed by atoms with Crippen LogP contribution in [0, 0.1) is 0 Å². The average molecular weight is 178 g/mol. The van der Waals surface area contributed by atoms with E-state index in [-0.39, 0.29) is 11.7 Å². The highest BCUT2D eigenvalue weighted by atomic mass is 32.1. The van der Waals surface area contributed by atoms with Gasteiger partial charge in [0.15, 0.2) is 5.04 Å². The fourth-order valence-electron chi connectivity index (χ4n) is 0.335. The monoisotopic (exact) mass is 178 g/mol. The maximum Gasteiger partial charge on any atom is 0.365 e. The van der Waals surface area contributed by atoms with Crippen molar-refractivity contribution in [2.24, 2.45) is 10.9 Å². The van der Waals surface area contributed by atoms with Gasteiger partial charge < -0.3 is 15.3 Å². The molecule has 0 aromatic heterocycles. The molecule has 6 heteroatoms. The lowest BCUT2D eigenvalue weighted by Gasteiger charge is -2.00. The second kappa shape index (κ2) is 5.99. The molecule has 0 bridgehead atoms. The Morgan fingerprint density at radius 2 is 2.27 bits per heavy atom. The molecule has 0 aromatic rings. The van der Waals surface area contributed by atoms with E-state index in [2.05, 4.69) is 27.2 Å². The summed E-state index contributed by atoms with van der Waals surface area (Å²) >= 11 is 3.64. The van der Waals surface area contributed by atoms with Gasteiger partial charge in [-0.05, 0) is 0 Å². The van der Waals surface area contributed by atoms with Gasteiger partial charge in [-0.25, -0.2) is 4.79 Å². The lowest BCUT2D eigenvalue weighted by Crippen LogP contribution is -2.16. The summed E-state index contributed by atoms with van der Waals surface area (Å²) in [7, 11) is 1.51. The number of esters is 1. The fraction of sp³-hybridized carbons (Fsp3) is 0.600. The van der Waals surface area contributed by atoms with E-state index in [9.17, 15) is 4.79 Å². The second-order valence-corrected chi connectivity index (χ2v) is 2.01. The summed E-state index contributed by atoms with van der Waals surface area (Å²) in [5.41, 5.74) is 0. The first-order chi connectivity index (χ1) is 5.22. The van der Waals surface area contributed by atoms with Gasteiger partial charge in [0.05, 0.1) is 6.61 Å². The molecule has 0 saturated heterocycles. The number of carbonyl (C=O) groups is 1. The molecule has 2 N–H and O–H groups in total. The molecule has 0 heterocycles. The summed E-state index contributed by atoms with van der Waals surface area (Å²) < 4.78 is 9.22. The van der Waals surface area contributed by atoms with Gasteiger partial charge in [0, 0.05) is 7.11 Å². The number of rotatable bonds is 4. The van der Waals surface area contributed by atoms with Crippen molar-refractivity contribution in [3.63, 3.8) is 0 Å². The molecule has 0 aromatic carbocycles. The van der Waals surface area contributed by atoms with Gasteiger partial charge in [-0.15, -0.1) is 12.6 Å². The Bertz CT molecular complexity index is 160. The molecular weight excluding hydrogens is 168 g/mol. The maximum absolute atomic E-state index is 10.7. The van der Waals surface area contributed by atoms with Gasteiger partial charge in [-0.3, -0.25) is 0 Å². The summed E-state index contributed by atoms with van der Waals surface area (Å²) in [4.78, 5) is 10.7. The molecule has 64 valence electrons.